The second-order valence-electron chi connectivity index (χ2n) is 3.45. The summed E-state index contributed by atoms with van der Waals surface area (Å²) in [5, 5.41) is 1.46. The summed E-state index contributed by atoms with van der Waals surface area (Å²) in [6.45, 7) is 0. The summed E-state index contributed by atoms with van der Waals surface area (Å²) < 4.78 is 1.96. The average Bonchev–Trinajstić information content (AvgIpc) is 2.75. The van der Waals surface area contributed by atoms with Crippen LogP contribution >= 0.6 is 38.9 Å². The highest BCUT2D eigenvalue weighted by atomic mass is 79.9. The van der Waals surface area contributed by atoms with Gasteiger partial charge in [-0.3, -0.25) is 0 Å². The molecule has 5 heteroatoms. The van der Waals surface area contributed by atoms with E-state index in [0.717, 1.165) is 25.3 Å². The van der Waals surface area contributed by atoms with E-state index < -0.39 is 0 Å². The van der Waals surface area contributed by atoms with Crippen molar-refractivity contribution >= 4 is 49.1 Å². The first-order valence-electron chi connectivity index (χ1n) is 4.91. The Balaban J connectivity index is 2.26. The van der Waals surface area contributed by atoms with Crippen LogP contribution in [-0.2, 0) is 0 Å². The monoisotopic (exact) mass is 324 g/mol. The topological polar surface area (TPSA) is 25.8 Å². The predicted molar refractivity (Wildman–Crippen MR) is 75.6 cm³/mol. The van der Waals surface area contributed by atoms with Crippen LogP contribution in [0.15, 0.2) is 41.0 Å². The fourth-order valence-corrected chi connectivity index (χ4v) is 3.43. The van der Waals surface area contributed by atoms with Crippen molar-refractivity contribution in [3.05, 3.63) is 46.2 Å². The summed E-state index contributed by atoms with van der Waals surface area (Å²) in [6, 6.07) is 9.88. The molecule has 0 fully saturated rings. The first-order chi connectivity index (χ1) is 8.25. The summed E-state index contributed by atoms with van der Waals surface area (Å²) in [7, 11) is 0. The van der Waals surface area contributed by atoms with E-state index in [1.807, 2.05) is 30.3 Å². The molecule has 0 amide bonds. The second-order valence-corrected chi connectivity index (χ2v) is 5.66. The Hall–Kier alpha value is -0.970. The molecule has 0 atom stereocenters. The van der Waals surface area contributed by atoms with Crippen molar-refractivity contribution < 1.29 is 0 Å². The van der Waals surface area contributed by atoms with Crippen LogP contribution in [0, 0.1) is 0 Å². The molecule has 3 rings (SSSR count). The summed E-state index contributed by atoms with van der Waals surface area (Å²) in [6.07, 6.45) is 1.67. The number of thiazole rings is 1. The highest BCUT2D eigenvalue weighted by molar-refractivity contribution is 9.10. The number of aromatic nitrogens is 2. The summed E-state index contributed by atoms with van der Waals surface area (Å²) in [5.41, 5.74) is 1.96. The van der Waals surface area contributed by atoms with Gasteiger partial charge in [-0.25, -0.2) is 9.97 Å². The van der Waals surface area contributed by atoms with Gasteiger partial charge in [0.1, 0.15) is 10.2 Å². The van der Waals surface area contributed by atoms with E-state index in [4.69, 9.17) is 11.6 Å². The Morgan fingerprint density at radius 1 is 1.18 bits per heavy atom. The van der Waals surface area contributed by atoms with Crippen molar-refractivity contribution in [3.8, 4) is 10.6 Å². The Labute approximate surface area is 115 Å². The number of fused-ring (bicyclic) bond motifs is 1. The molecular weight excluding hydrogens is 320 g/mol. The largest absolute Gasteiger partial charge is 0.243 e. The maximum absolute atomic E-state index is 6.05. The quantitative estimate of drug-likeness (QED) is 0.602. The van der Waals surface area contributed by atoms with Gasteiger partial charge in [0, 0.05) is 16.2 Å². The van der Waals surface area contributed by atoms with E-state index in [1.165, 1.54) is 0 Å². The van der Waals surface area contributed by atoms with Crippen LogP contribution in [0.25, 0.3) is 20.8 Å². The molecule has 0 unspecified atom stereocenters. The smallest absolute Gasteiger partial charge is 0.148 e. The Morgan fingerprint density at radius 2 is 2.00 bits per heavy atom. The third kappa shape index (κ3) is 1.97. The third-order valence-corrected chi connectivity index (χ3v) is 4.57. The average molecular weight is 326 g/mol. The number of hydrogen-bond acceptors (Lipinski definition) is 3. The molecule has 1 aromatic carbocycles. The molecule has 0 bridgehead atoms. The van der Waals surface area contributed by atoms with Gasteiger partial charge in [0.05, 0.1) is 10.2 Å². The third-order valence-electron chi connectivity index (χ3n) is 2.37. The van der Waals surface area contributed by atoms with E-state index in [2.05, 4.69) is 25.9 Å². The molecule has 0 spiro atoms. The van der Waals surface area contributed by atoms with Gasteiger partial charge in [0.15, 0.2) is 0 Å². The van der Waals surface area contributed by atoms with Gasteiger partial charge >= 0.3 is 0 Å². The SMILES string of the molecule is Clc1nccc2nc(-c3ccccc3Br)sc12. The normalized spacial score (nSPS) is 10.9. The maximum atomic E-state index is 6.05. The van der Waals surface area contributed by atoms with E-state index in [9.17, 15) is 0 Å². The second kappa shape index (κ2) is 4.37. The molecule has 0 radical (unpaired) electrons. The Morgan fingerprint density at radius 3 is 2.76 bits per heavy atom. The highest BCUT2D eigenvalue weighted by Gasteiger charge is 2.11. The molecule has 0 aliphatic heterocycles. The van der Waals surface area contributed by atoms with E-state index in [1.54, 1.807) is 17.5 Å². The number of hydrogen-bond donors (Lipinski definition) is 0. The maximum Gasteiger partial charge on any atom is 0.148 e. The lowest BCUT2D eigenvalue weighted by Crippen LogP contribution is -1.77. The minimum atomic E-state index is 0.512. The standard InChI is InChI=1S/C12H6BrClN2S/c13-8-4-2-1-3-7(8)12-16-9-5-6-15-11(14)10(9)17-12/h1-6H. The number of rotatable bonds is 1. The molecule has 0 saturated heterocycles. The van der Waals surface area contributed by atoms with Crippen molar-refractivity contribution in [2.24, 2.45) is 0 Å². The van der Waals surface area contributed by atoms with Gasteiger partial charge in [-0.05, 0) is 12.1 Å². The van der Waals surface area contributed by atoms with Crippen molar-refractivity contribution in [2.45, 2.75) is 0 Å². The first kappa shape index (κ1) is 11.1. The molecule has 84 valence electrons. The molecule has 0 aliphatic rings. The van der Waals surface area contributed by atoms with Gasteiger partial charge in [0.25, 0.3) is 0 Å². The van der Waals surface area contributed by atoms with Gasteiger partial charge in [-0.1, -0.05) is 45.7 Å². The van der Waals surface area contributed by atoms with Crippen LogP contribution in [-0.4, -0.2) is 9.97 Å². The van der Waals surface area contributed by atoms with Gasteiger partial charge in [-0.2, -0.15) is 0 Å². The molecule has 2 nitrogen and oxygen atoms in total. The summed E-state index contributed by atoms with van der Waals surface area (Å²) in [5.74, 6) is 0. The fourth-order valence-electron chi connectivity index (χ4n) is 1.57. The van der Waals surface area contributed by atoms with E-state index in [0.29, 0.717) is 5.15 Å². The Kier molecular flexibility index (Phi) is 2.86. The van der Waals surface area contributed by atoms with E-state index >= 15 is 0 Å². The molecule has 2 aromatic heterocycles. The molecule has 0 saturated carbocycles. The van der Waals surface area contributed by atoms with Crippen LogP contribution in [0.1, 0.15) is 0 Å². The fraction of sp³-hybridized carbons (Fsp3) is 0. The van der Waals surface area contributed by atoms with Crippen molar-refractivity contribution in [1.82, 2.24) is 9.97 Å². The molecule has 17 heavy (non-hydrogen) atoms. The highest BCUT2D eigenvalue weighted by Crippen LogP contribution is 2.36. The lowest BCUT2D eigenvalue weighted by atomic mass is 10.2. The lowest BCUT2D eigenvalue weighted by molar-refractivity contribution is 1.35. The minimum Gasteiger partial charge on any atom is -0.243 e. The molecular formula is C12H6BrClN2S. The zero-order valence-corrected chi connectivity index (χ0v) is 11.7. The minimum absolute atomic E-state index is 0.512. The van der Waals surface area contributed by atoms with Crippen molar-refractivity contribution in [1.29, 1.82) is 0 Å². The number of halogens is 2. The van der Waals surface area contributed by atoms with Crippen LogP contribution in [0.5, 0.6) is 0 Å². The number of nitrogens with zero attached hydrogens (tertiary/aromatic N) is 2. The van der Waals surface area contributed by atoms with E-state index in [-0.39, 0.29) is 0 Å². The summed E-state index contributed by atoms with van der Waals surface area (Å²) >= 11 is 11.1. The Bertz CT molecular complexity index is 696. The predicted octanol–water partition coefficient (Wildman–Crippen LogP) is 4.77. The first-order valence-corrected chi connectivity index (χ1v) is 6.90. The lowest BCUT2D eigenvalue weighted by Gasteiger charge is -1.97. The van der Waals surface area contributed by atoms with Crippen LogP contribution in [0.3, 0.4) is 0 Å². The van der Waals surface area contributed by atoms with Crippen LogP contribution in [0.4, 0.5) is 0 Å². The summed E-state index contributed by atoms with van der Waals surface area (Å²) in [4.78, 5) is 8.63. The van der Waals surface area contributed by atoms with Crippen molar-refractivity contribution in [3.63, 3.8) is 0 Å². The number of benzene rings is 1. The van der Waals surface area contributed by atoms with Crippen LogP contribution < -0.4 is 0 Å². The zero-order chi connectivity index (χ0) is 11.8. The van der Waals surface area contributed by atoms with Gasteiger partial charge in [0.2, 0.25) is 0 Å². The molecule has 0 N–H and O–H groups in total. The van der Waals surface area contributed by atoms with Crippen LogP contribution in [0.2, 0.25) is 5.15 Å². The zero-order valence-electron chi connectivity index (χ0n) is 8.52. The molecule has 0 aliphatic carbocycles. The van der Waals surface area contributed by atoms with Gasteiger partial charge in [-0.15, -0.1) is 11.3 Å². The molecule has 3 aromatic rings. The van der Waals surface area contributed by atoms with Crippen molar-refractivity contribution in [2.75, 3.05) is 0 Å². The number of pyridine rings is 1. The molecule has 2 heterocycles. The van der Waals surface area contributed by atoms with Gasteiger partial charge < -0.3 is 0 Å².